The lowest BCUT2D eigenvalue weighted by atomic mass is 9.99. The minimum atomic E-state index is 0.404. The van der Waals surface area contributed by atoms with E-state index < -0.39 is 0 Å². The van der Waals surface area contributed by atoms with Crippen LogP contribution in [0.15, 0.2) is 36.1 Å². The van der Waals surface area contributed by atoms with E-state index in [1.54, 1.807) is 16.8 Å². The van der Waals surface area contributed by atoms with Gasteiger partial charge in [-0.2, -0.15) is 5.10 Å². The fourth-order valence-corrected chi connectivity index (χ4v) is 1.62. The molecule has 0 atom stereocenters. The maximum Gasteiger partial charge on any atom is 0.146 e. The molecular formula is C11H13N5. The number of nitrogen functional groups attached to an aromatic ring is 1. The first-order valence-corrected chi connectivity index (χ1v) is 4.82. The zero-order valence-corrected chi connectivity index (χ0v) is 8.94. The molecule has 5 N–H and O–H groups in total. The Morgan fingerprint density at radius 2 is 2.19 bits per heavy atom. The molecule has 0 amide bonds. The second kappa shape index (κ2) is 3.69. The Balaban J connectivity index is 2.47. The van der Waals surface area contributed by atoms with E-state index in [0.717, 1.165) is 11.3 Å². The molecule has 0 spiro atoms. The minimum absolute atomic E-state index is 0.404. The van der Waals surface area contributed by atoms with Crippen LogP contribution in [0, 0.1) is 5.41 Å². The standard InChI is InChI=1S/C11H13N5/c1-16-10(5-11(14)15-16)7-2-3-9(13)8(4-7)6-12/h2-6,13H,12H2,1H3,(H2,14,15)/b8-6-,13-9?. The van der Waals surface area contributed by atoms with Gasteiger partial charge in [-0.25, -0.2) is 0 Å². The number of aryl methyl sites for hydroxylation is 1. The number of nitrogens with zero attached hydrogens (tertiary/aromatic N) is 2. The van der Waals surface area contributed by atoms with Gasteiger partial charge >= 0.3 is 0 Å². The number of allylic oxidation sites excluding steroid dienone is 5. The summed E-state index contributed by atoms with van der Waals surface area (Å²) in [6, 6.07) is 1.79. The molecule has 16 heavy (non-hydrogen) atoms. The van der Waals surface area contributed by atoms with Crippen molar-refractivity contribution in [3.8, 4) is 0 Å². The van der Waals surface area contributed by atoms with Crippen molar-refractivity contribution in [1.82, 2.24) is 9.78 Å². The molecule has 1 aromatic rings. The van der Waals surface area contributed by atoms with E-state index in [-0.39, 0.29) is 0 Å². The molecule has 0 fully saturated rings. The summed E-state index contributed by atoms with van der Waals surface area (Å²) in [6.45, 7) is 0. The van der Waals surface area contributed by atoms with Gasteiger partial charge in [-0.15, -0.1) is 0 Å². The van der Waals surface area contributed by atoms with Gasteiger partial charge in [-0.3, -0.25) is 4.68 Å². The fourth-order valence-electron chi connectivity index (χ4n) is 1.62. The summed E-state index contributed by atoms with van der Waals surface area (Å²) in [5.74, 6) is 0.478. The summed E-state index contributed by atoms with van der Waals surface area (Å²) in [4.78, 5) is 0. The van der Waals surface area contributed by atoms with Crippen molar-refractivity contribution in [2.45, 2.75) is 0 Å². The summed E-state index contributed by atoms with van der Waals surface area (Å²) < 4.78 is 1.70. The maximum absolute atomic E-state index is 7.63. The summed E-state index contributed by atoms with van der Waals surface area (Å²) >= 11 is 0. The number of aromatic nitrogens is 2. The van der Waals surface area contributed by atoms with E-state index in [4.69, 9.17) is 16.9 Å². The first kappa shape index (κ1) is 10.2. The van der Waals surface area contributed by atoms with Gasteiger partial charge in [0.1, 0.15) is 5.82 Å². The predicted octanol–water partition coefficient (Wildman–Crippen LogP) is 0.818. The molecule has 0 unspecified atom stereocenters. The van der Waals surface area contributed by atoms with Gasteiger partial charge in [0.15, 0.2) is 0 Å². The molecule has 0 aliphatic heterocycles. The third-order valence-electron chi connectivity index (χ3n) is 2.43. The molecule has 1 heterocycles. The smallest absolute Gasteiger partial charge is 0.146 e. The summed E-state index contributed by atoms with van der Waals surface area (Å²) in [5, 5.41) is 11.7. The Bertz CT molecular complexity index is 531. The van der Waals surface area contributed by atoms with Gasteiger partial charge in [-0.1, -0.05) is 6.08 Å². The molecule has 0 saturated heterocycles. The summed E-state index contributed by atoms with van der Waals surface area (Å²) in [6.07, 6.45) is 6.83. The molecule has 2 rings (SSSR count). The van der Waals surface area contributed by atoms with Gasteiger partial charge in [0.2, 0.25) is 0 Å². The average Bonchev–Trinajstić information content (AvgIpc) is 2.59. The molecular weight excluding hydrogens is 202 g/mol. The molecule has 5 heteroatoms. The largest absolute Gasteiger partial charge is 0.404 e. The lowest BCUT2D eigenvalue weighted by Crippen LogP contribution is -2.05. The molecule has 0 aromatic carbocycles. The fraction of sp³-hybridized carbons (Fsp3) is 0.0909. The zero-order chi connectivity index (χ0) is 11.7. The van der Waals surface area contributed by atoms with Crippen LogP contribution >= 0.6 is 0 Å². The van der Waals surface area contributed by atoms with Crippen LogP contribution in [0.4, 0.5) is 5.82 Å². The molecule has 82 valence electrons. The van der Waals surface area contributed by atoms with Crippen molar-refractivity contribution >= 4 is 17.1 Å². The van der Waals surface area contributed by atoms with Crippen LogP contribution < -0.4 is 11.5 Å². The Labute approximate surface area is 93.2 Å². The Hall–Kier alpha value is -2.30. The third-order valence-corrected chi connectivity index (χ3v) is 2.43. The molecule has 1 aromatic heterocycles. The molecule has 5 nitrogen and oxygen atoms in total. The number of anilines is 1. The van der Waals surface area contributed by atoms with Crippen LogP contribution in [0.25, 0.3) is 5.57 Å². The molecule has 1 aliphatic carbocycles. The average molecular weight is 215 g/mol. The molecule has 0 radical (unpaired) electrons. The quantitative estimate of drug-likeness (QED) is 0.647. The van der Waals surface area contributed by atoms with Crippen molar-refractivity contribution in [1.29, 1.82) is 5.41 Å². The van der Waals surface area contributed by atoms with Gasteiger partial charge in [0.05, 0.1) is 11.4 Å². The van der Waals surface area contributed by atoms with Gasteiger partial charge in [0, 0.05) is 30.5 Å². The molecule has 0 bridgehead atoms. The number of nitrogens with one attached hydrogen (secondary N) is 1. The highest BCUT2D eigenvalue weighted by Crippen LogP contribution is 2.23. The van der Waals surface area contributed by atoms with Crippen LogP contribution in [0.3, 0.4) is 0 Å². The molecule has 0 saturated carbocycles. The van der Waals surface area contributed by atoms with Gasteiger partial charge in [-0.05, 0) is 12.2 Å². The van der Waals surface area contributed by atoms with Crippen LogP contribution in [0.5, 0.6) is 0 Å². The Kier molecular flexibility index (Phi) is 2.36. The third kappa shape index (κ3) is 1.63. The van der Waals surface area contributed by atoms with Crippen molar-refractivity contribution in [2.24, 2.45) is 12.8 Å². The van der Waals surface area contributed by atoms with Crippen molar-refractivity contribution < 1.29 is 0 Å². The van der Waals surface area contributed by atoms with Crippen LogP contribution in [-0.4, -0.2) is 15.5 Å². The van der Waals surface area contributed by atoms with Crippen LogP contribution in [0.2, 0.25) is 0 Å². The lowest BCUT2D eigenvalue weighted by molar-refractivity contribution is 0.761. The minimum Gasteiger partial charge on any atom is -0.404 e. The zero-order valence-electron chi connectivity index (χ0n) is 8.94. The van der Waals surface area contributed by atoms with Crippen molar-refractivity contribution in [2.75, 3.05) is 5.73 Å². The van der Waals surface area contributed by atoms with E-state index in [0.29, 0.717) is 17.1 Å². The van der Waals surface area contributed by atoms with E-state index in [1.165, 1.54) is 6.20 Å². The van der Waals surface area contributed by atoms with E-state index in [2.05, 4.69) is 5.10 Å². The number of nitrogens with two attached hydrogens (primary N) is 2. The number of hydrogen-bond acceptors (Lipinski definition) is 4. The highest BCUT2D eigenvalue weighted by Gasteiger charge is 2.11. The normalized spacial score (nSPS) is 17.9. The summed E-state index contributed by atoms with van der Waals surface area (Å²) in [5.41, 5.74) is 14.0. The monoisotopic (exact) mass is 215 g/mol. The van der Waals surface area contributed by atoms with Crippen molar-refractivity contribution in [3.05, 3.63) is 41.8 Å². The Morgan fingerprint density at radius 3 is 2.75 bits per heavy atom. The van der Waals surface area contributed by atoms with Crippen LogP contribution in [-0.2, 0) is 7.05 Å². The topological polar surface area (TPSA) is 93.7 Å². The number of rotatable bonds is 1. The van der Waals surface area contributed by atoms with Crippen molar-refractivity contribution in [3.63, 3.8) is 0 Å². The predicted molar refractivity (Wildman–Crippen MR) is 64.7 cm³/mol. The molecule has 1 aliphatic rings. The number of hydrogen-bond donors (Lipinski definition) is 3. The van der Waals surface area contributed by atoms with E-state index in [1.807, 2.05) is 19.2 Å². The summed E-state index contributed by atoms with van der Waals surface area (Å²) in [7, 11) is 1.83. The van der Waals surface area contributed by atoms with Crippen LogP contribution in [0.1, 0.15) is 5.69 Å². The second-order valence-electron chi connectivity index (χ2n) is 3.55. The SMILES string of the molecule is Cn1nc(N)cc1C1=C/C(=C/N)C(=N)C=C1. The maximum atomic E-state index is 7.63. The first-order chi connectivity index (χ1) is 7.61. The second-order valence-corrected chi connectivity index (χ2v) is 3.55. The van der Waals surface area contributed by atoms with Gasteiger partial charge < -0.3 is 16.9 Å². The highest BCUT2D eigenvalue weighted by molar-refractivity contribution is 6.12. The highest BCUT2D eigenvalue weighted by atomic mass is 15.3. The Morgan fingerprint density at radius 1 is 1.44 bits per heavy atom. The first-order valence-electron chi connectivity index (χ1n) is 4.82. The van der Waals surface area contributed by atoms with E-state index in [9.17, 15) is 0 Å². The van der Waals surface area contributed by atoms with E-state index >= 15 is 0 Å². The lowest BCUT2D eigenvalue weighted by Gasteiger charge is -2.10. The van der Waals surface area contributed by atoms with Gasteiger partial charge in [0.25, 0.3) is 0 Å².